The lowest BCUT2D eigenvalue weighted by atomic mass is 10.1. The van der Waals surface area contributed by atoms with Gasteiger partial charge < -0.3 is 4.74 Å². The van der Waals surface area contributed by atoms with Crippen molar-refractivity contribution in [2.24, 2.45) is 0 Å². The Morgan fingerprint density at radius 3 is 2.63 bits per heavy atom. The Balaban J connectivity index is 2.08. The van der Waals surface area contributed by atoms with Crippen molar-refractivity contribution in [2.75, 3.05) is 13.4 Å². The standard InChI is InChI=1S/C14H15ClN2OS/c1-18-14-8-11(16-9-17-14)7-13(15)10-3-5-12(19-2)6-4-10/h3-6,8-9,13H,7H2,1-2H3. The predicted octanol–water partition coefficient (Wildman–Crippen LogP) is 3.73. The lowest BCUT2D eigenvalue weighted by Gasteiger charge is -2.10. The molecular formula is C14H15ClN2OS. The third-order valence-electron chi connectivity index (χ3n) is 2.77. The summed E-state index contributed by atoms with van der Waals surface area (Å²) in [5.74, 6) is 0.562. The van der Waals surface area contributed by atoms with Gasteiger partial charge in [-0.3, -0.25) is 0 Å². The molecule has 0 aliphatic rings. The monoisotopic (exact) mass is 294 g/mol. The summed E-state index contributed by atoms with van der Waals surface area (Å²) in [6.07, 6.45) is 4.20. The second kappa shape index (κ2) is 6.78. The summed E-state index contributed by atoms with van der Waals surface area (Å²) in [6.45, 7) is 0. The molecule has 1 aromatic carbocycles. The van der Waals surface area contributed by atoms with Crippen LogP contribution in [-0.2, 0) is 6.42 Å². The first-order valence-electron chi connectivity index (χ1n) is 5.86. The van der Waals surface area contributed by atoms with Crippen molar-refractivity contribution < 1.29 is 4.74 Å². The van der Waals surface area contributed by atoms with E-state index in [1.807, 2.05) is 6.07 Å². The Labute approximate surface area is 122 Å². The number of rotatable bonds is 5. The van der Waals surface area contributed by atoms with E-state index in [4.69, 9.17) is 16.3 Å². The maximum Gasteiger partial charge on any atom is 0.216 e. The first-order valence-corrected chi connectivity index (χ1v) is 7.52. The van der Waals surface area contributed by atoms with E-state index in [1.54, 1.807) is 18.9 Å². The number of hydrogen-bond donors (Lipinski definition) is 0. The number of thioether (sulfide) groups is 1. The molecule has 5 heteroatoms. The van der Waals surface area contributed by atoms with Gasteiger partial charge in [-0.2, -0.15) is 0 Å². The van der Waals surface area contributed by atoms with E-state index in [1.165, 1.54) is 11.2 Å². The van der Waals surface area contributed by atoms with Crippen LogP contribution in [0.2, 0.25) is 0 Å². The molecule has 0 fully saturated rings. The van der Waals surface area contributed by atoms with Crippen LogP contribution >= 0.6 is 23.4 Å². The Bertz CT molecular complexity index is 533. The molecule has 0 bridgehead atoms. The van der Waals surface area contributed by atoms with Gasteiger partial charge in [-0.1, -0.05) is 12.1 Å². The van der Waals surface area contributed by atoms with Gasteiger partial charge in [0, 0.05) is 23.1 Å². The van der Waals surface area contributed by atoms with Crippen LogP contribution in [0.4, 0.5) is 0 Å². The maximum atomic E-state index is 6.42. The van der Waals surface area contributed by atoms with Crippen molar-refractivity contribution in [1.82, 2.24) is 9.97 Å². The lowest BCUT2D eigenvalue weighted by Crippen LogP contribution is -2.00. The molecule has 0 spiro atoms. The van der Waals surface area contributed by atoms with Crippen LogP contribution in [0.1, 0.15) is 16.6 Å². The van der Waals surface area contributed by atoms with Gasteiger partial charge in [0.05, 0.1) is 12.5 Å². The SMILES string of the molecule is COc1cc(CC(Cl)c2ccc(SC)cc2)ncn1. The Morgan fingerprint density at radius 2 is 2.00 bits per heavy atom. The number of halogens is 1. The Hall–Kier alpha value is -1.26. The van der Waals surface area contributed by atoms with Crippen molar-refractivity contribution in [1.29, 1.82) is 0 Å². The Kier molecular flexibility index (Phi) is 5.05. The molecule has 0 saturated heterocycles. The molecule has 1 aromatic heterocycles. The molecule has 2 aromatic rings. The van der Waals surface area contributed by atoms with E-state index >= 15 is 0 Å². The molecule has 1 unspecified atom stereocenters. The molecule has 0 N–H and O–H groups in total. The van der Waals surface area contributed by atoms with E-state index in [2.05, 4.69) is 40.5 Å². The smallest absolute Gasteiger partial charge is 0.216 e. The molecule has 19 heavy (non-hydrogen) atoms. The number of methoxy groups -OCH3 is 1. The highest BCUT2D eigenvalue weighted by Gasteiger charge is 2.10. The number of alkyl halides is 1. The van der Waals surface area contributed by atoms with Gasteiger partial charge in [0.1, 0.15) is 6.33 Å². The number of benzene rings is 1. The van der Waals surface area contributed by atoms with Gasteiger partial charge >= 0.3 is 0 Å². The summed E-state index contributed by atoms with van der Waals surface area (Å²) in [5.41, 5.74) is 1.97. The van der Waals surface area contributed by atoms with Crippen molar-refractivity contribution in [3.05, 3.63) is 47.9 Å². The van der Waals surface area contributed by atoms with E-state index in [0.717, 1.165) is 11.3 Å². The van der Waals surface area contributed by atoms with Crippen LogP contribution in [0, 0.1) is 0 Å². The van der Waals surface area contributed by atoms with E-state index in [-0.39, 0.29) is 5.38 Å². The van der Waals surface area contributed by atoms with Crippen molar-refractivity contribution in [3.8, 4) is 5.88 Å². The molecule has 1 atom stereocenters. The van der Waals surface area contributed by atoms with E-state index in [0.29, 0.717) is 12.3 Å². The highest BCUT2D eigenvalue weighted by molar-refractivity contribution is 7.98. The second-order valence-corrected chi connectivity index (χ2v) is 5.40. The summed E-state index contributed by atoms with van der Waals surface area (Å²) in [4.78, 5) is 9.42. The molecule has 0 aliphatic heterocycles. The maximum absolute atomic E-state index is 6.42. The molecular weight excluding hydrogens is 280 g/mol. The average molecular weight is 295 g/mol. The largest absolute Gasteiger partial charge is 0.481 e. The van der Waals surface area contributed by atoms with Gasteiger partial charge in [-0.25, -0.2) is 9.97 Å². The third-order valence-corrected chi connectivity index (χ3v) is 3.92. The van der Waals surface area contributed by atoms with Gasteiger partial charge in [-0.15, -0.1) is 23.4 Å². The highest BCUT2D eigenvalue weighted by atomic mass is 35.5. The third kappa shape index (κ3) is 3.85. The van der Waals surface area contributed by atoms with Crippen molar-refractivity contribution in [3.63, 3.8) is 0 Å². The zero-order valence-electron chi connectivity index (χ0n) is 10.8. The van der Waals surface area contributed by atoms with Crippen molar-refractivity contribution >= 4 is 23.4 Å². The second-order valence-electron chi connectivity index (χ2n) is 4.00. The topological polar surface area (TPSA) is 35.0 Å². The molecule has 3 nitrogen and oxygen atoms in total. The summed E-state index contributed by atoms with van der Waals surface area (Å²) >= 11 is 8.14. The summed E-state index contributed by atoms with van der Waals surface area (Å²) in [7, 11) is 1.59. The molecule has 0 aliphatic carbocycles. The molecule has 1 heterocycles. The first kappa shape index (κ1) is 14.2. The zero-order chi connectivity index (χ0) is 13.7. The van der Waals surface area contributed by atoms with Gasteiger partial charge in [0.25, 0.3) is 0 Å². The molecule has 0 amide bonds. The van der Waals surface area contributed by atoms with Gasteiger partial charge in [0.15, 0.2) is 0 Å². The molecule has 0 saturated carbocycles. The fourth-order valence-electron chi connectivity index (χ4n) is 1.71. The summed E-state index contributed by atoms with van der Waals surface area (Å²) < 4.78 is 5.08. The molecule has 100 valence electrons. The van der Waals surface area contributed by atoms with Crippen LogP contribution in [0.3, 0.4) is 0 Å². The number of ether oxygens (including phenoxy) is 1. The summed E-state index contributed by atoms with van der Waals surface area (Å²) in [5, 5.41) is -0.101. The fraction of sp³-hybridized carbons (Fsp3) is 0.286. The zero-order valence-corrected chi connectivity index (χ0v) is 12.4. The molecule has 0 radical (unpaired) electrons. The van der Waals surface area contributed by atoms with Crippen LogP contribution in [-0.4, -0.2) is 23.3 Å². The van der Waals surface area contributed by atoms with E-state index in [9.17, 15) is 0 Å². The Morgan fingerprint density at radius 1 is 1.26 bits per heavy atom. The highest BCUT2D eigenvalue weighted by Crippen LogP contribution is 2.26. The minimum atomic E-state index is -0.101. The van der Waals surface area contributed by atoms with Crippen LogP contribution < -0.4 is 4.74 Å². The van der Waals surface area contributed by atoms with Crippen molar-refractivity contribution in [2.45, 2.75) is 16.7 Å². The van der Waals surface area contributed by atoms with Gasteiger partial charge in [0.2, 0.25) is 5.88 Å². The normalized spacial score (nSPS) is 12.2. The van der Waals surface area contributed by atoms with Gasteiger partial charge in [-0.05, 0) is 24.0 Å². The first-order chi connectivity index (χ1) is 9.22. The number of hydrogen-bond acceptors (Lipinski definition) is 4. The van der Waals surface area contributed by atoms with Crippen LogP contribution in [0.15, 0.2) is 41.6 Å². The fourth-order valence-corrected chi connectivity index (χ4v) is 2.43. The lowest BCUT2D eigenvalue weighted by molar-refractivity contribution is 0.396. The number of nitrogens with zero attached hydrogens (tertiary/aromatic N) is 2. The quantitative estimate of drug-likeness (QED) is 0.622. The average Bonchev–Trinajstić information content (AvgIpc) is 2.47. The summed E-state index contributed by atoms with van der Waals surface area (Å²) in [6, 6.07) is 10.1. The minimum absolute atomic E-state index is 0.101. The molecule has 2 rings (SSSR count). The minimum Gasteiger partial charge on any atom is -0.481 e. The van der Waals surface area contributed by atoms with E-state index < -0.39 is 0 Å². The predicted molar refractivity (Wildman–Crippen MR) is 79.1 cm³/mol. The number of aromatic nitrogens is 2. The van der Waals surface area contributed by atoms with Crippen LogP contribution in [0.5, 0.6) is 5.88 Å². The van der Waals surface area contributed by atoms with Crippen LogP contribution in [0.25, 0.3) is 0 Å².